The summed E-state index contributed by atoms with van der Waals surface area (Å²) >= 11 is 0. The Morgan fingerprint density at radius 3 is 2.25 bits per heavy atom. The highest BCUT2D eigenvalue weighted by Crippen LogP contribution is 2.26. The summed E-state index contributed by atoms with van der Waals surface area (Å²) in [5.74, 6) is 0.0558. The summed E-state index contributed by atoms with van der Waals surface area (Å²) in [5.41, 5.74) is 2.84. The predicted octanol–water partition coefficient (Wildman–Crippen LogP) is 4.49. The van der Waals surface area contributed by atoms with Crippen molar-refractivity contribution in [2.24, 2.45) is 5.41 Å². The van der Waals surface area contributed by atoms with E-state index in [9.17, 15) is 4.79 Å². The molecule has 2 aromatic carbocycles. The van der Waals surface area contributed by atoms with Crippen LogP contribution in [0.3, 0.4) is 0 Å². The van der Waals surface area contributed by atoms with Gasteiger partial charge in [-0.25, -0.2) is 0 Å². The van der Waals surface area contributed by atoms with Crippen LogP contribution in [0.25, 0.3) is 0 Å². The first kappa shape index (κ1) is 16.6. The molecule has 0 bridgehead atoms. The van der Waals surface area contributed by atoms with Gasteiger partial charge in [0.1, 0.15) is 0 Å². The predicted molar refractivity (Wildman–Crippen MR) is 100 cm³/mol. The van der Waals surface area contributed by atoms with Crippen LogP contribution in [0.15, 0.2) is 54.6 Å². The standard InChI is InChI=1S/C21H26N2O/c1-21(2,16-17-8-4-3-5-9-17)20(24)22-18-10-12-19(13-11-18)23-14-6-7-15-23/h3-5,8-13H,6-7,14-16H2,1-2H3,(H,22,24). The molecular weight excluding hydrogens is 296 g/mol. The summed E-state index contributed by atoms with van der Waals surface area (Å²) in [7, 11) is 0. The molecule has 3 rings (SSSR count). The fourth-order valence-electron chi connectivity index (χ4n) is 3.22. The van der Waals surface area contributed by atoms with Crippen LogP contribution in [-0.2, 0) is 11.2 Å². The number of rotatable bonds is 5. The van der Waals surface area contributed by atoms with E-state index in [1.54, 1.807) is 0 Å². The number of hydrogen-bond acceptors (Lipinski definition) is 2. The highest BCUT2D eigenvalue weighted by molar-refractivity contribution is 5.95. The highest BCUT2D eigenvalue weighted by atomic mass is 16.2. The largest absolute Gasteiger partial charge is 0.372 e. The minimum Gasteiger partial charge on any atom is -0.372 e. The van der Waals surface area contributed by atoms with Gasteiger partial charge >= 0.3 is 0 Å². The van der Waals surface area contributed by atoms with E-state index >= 15 is 0 Å². The van der Waals surface area contributed by atoms with E-state index in [0.717, 1.165) is 25.2 Å². The lowest BCUT2D eigenvalue weighted by Gasteiger charge is -2.24. The van der Waals surface area contributed by atoms with Crippen LogP contribution < -0.4 is 10.2 Å². The molecule has 3 nitrogen and oxygen atoms in total. The number of anilines is 2. The van der Waals surface area contributed by atoms with Crippen molar-refractivity contribution in [2.45, 2.75) is 33.1 Å². The van der Waals surface area contributed by atoms with Crippen molar-refractivity contribution in [3.8, 4) is 0 Å². The molecule has 1 heterocycles. The van der Waals surface area contributed by atoms with Crippen molar-refractivity contribution in [3.05, 3.63) is 60.2 Å². The molecule has 24 heavy (non-hydrogen) atoms. The smallest absolute Gasteiger partial charge is 0.230 e. The minimum atomic E-state index is -0.449. The lowest BCUT2D eigenvalue weighted by atomic mass is 9.84. The highest BCUT2D eigenvalue weighted by Gasteiger charge is 2.28. The molecule has 1 aliphatic heterocycles. The van der Waals surface area contributed by atoms with Crippen molar-refractivity contribution >= 4 is 17.3 Å². The van der Waals surface area contributed by atoms with Crippen molar-refractivity contribution in [2.75, 3.05) is 23.3 Å². The number of carbonyl (C=O) groups excluding carboxylic acids is 1. The van der Waals surface area contributed by atoms with Gasteiger partial charge in [0.15, 0.2) is 0 Å². The molecule has 0 saturated carbocycles. The molecule has 2 aromatic rings. The number of amides is 1. The first-order chi connectivity index (χ1) is 11.5. The van der Waals surface area contributed by atoms with Crippen molar-refractivity contribution in [1.29, 1.82) is 0 Å². The van der Waals surface area contributed by atoms with Crippen molar-refractivity contribution in [1.82, 2.24) is 0 Å². The molecule has 1 fully saturated rings. The Labute approximate surface area is 144 Å². The molecule has 0 atom stereocenters. The third kappa shape index (κ3) is 3.97. The zero-order valence-electron chi connectivity index (χ0n) is 14.6. The van der Waals surface area contributed by atoms with Gasteiger partial charge in [-0.3, -0.25) is 4.79 Å². The number of benzene rings is 2. The van der Waals surface area contributed by atoms with E-state index in [0.29, 0.717) is 0 Å². The number of nitrogens with one attached hydrogen (secondary N) is 1. The Morgan fingerprint density at radius 2 is 1.62 bits per heavy atom. The molecule has 1 saturated heterocycles. The fourth-order valence-corrected chi connectivity index (χ4v) is 3.22. The van der Waals surface area contributed by atoms with E-state index in [1.165, 1.54) is 24.1 Å². The summed E-state index contributed by atoms with van der Waals surface area (Å²) in [4.78, 5) is 15.1. The monoisotopic (exact) mass is 322 g/mol. The normalized spacial score (nSPS) is 14.7. The summed E-state index contributed by atoms with van der Waals surface area (Å²) in [6.45, 7) is 6.26. The Bertz CT molecular complexity index is 671. The molecule has 1 N–H and O–H groups in total. The maximum Gasteiger partial charge on any atom is 0.230 e. The average Bonchev–Trinajstić information content (AvgIpc) is 3.10. The van der Waals surface area contributed by atoms with Gasteiger partial charge in [-0.05, 0) is 49.1 Å². The molecule has 0 radical (unpaired) electrons. The van der Waals surface area contributed by atoms with Gasteiger partial charge < -0.3 is 10.2 Å². The number of nitrogens with zero attached hydrogens (tertiary/aromatic N) is 1. The lowest BCUT2D eigenvalue weighted by Crippen LogP contribution is -2.32. The van der Waals surface area contributed by atoms with Crippen LogP contribution in [0.1, 0.15) is 32.3 Å². The first-order valence-electron chi connectivity index (χ1n) is 8.75. The lowest BCUT2D eigenvalue weighted by molar-refractivity contribution is -0.123. The van der Waals surface area contributed by atoms with Crippen LogP contribution in [0, 0.1) is 5.41 Å². The minimum absolute atomic E-state index is 0.0558. The van der Waals surface area contributed by atoms with E-state index < -0.39 is 5.41 Å². The quantitative estimate of drug-likeness (QED) is 0.879. The second-order valence-electron chi connectivity index (χ2n) is 7.24. The molecule has 0 aromatic heterocycles. The summed E-state index contributed by atoms with van der Waals surface area (Å²) < 4.78 is 0. The zero-order chi connectivity index (χ0) is 17.0. The van der Waals surface area contributed by atoms with Crippen LogP contribution >= 0.6 is 0 Å². The second-order valence-corrected chi connectivity index (χ2v) is 7.24. The van der Waals surface area contributed by atoms with E-state index in [1.807, 2.05) is 44.2 Å². The maximum absolute atomic E-state index is 12.7. The molecule has 0 spiro atoms. The van der Waals surface area contributed by atoms with Crippen LogP contribution in [-0.4, -0.2) is 19.0 Å². The third-order valence-corrected chi connectivity index (χ3v) is 4.70. The van der Waals surface area contributed by atoms with Crippen molar-refractivity contribution < 1.29 is 4.79 Å². The second kappa shape index (κ2) is 7.08. The summed E-state index contributed by atoms with van der Waals surface area (Å²) in [5, 5.41) is 3.06. The van der Waals surface area contributed by atoms with Crippen LogP contribution in [0.5, 0.6) is 0 Å². The van der Waals surface area contributed by atoms with Gasteiger partial charge in [0, 0.05) is 29.9 Å². The topological polar surface area (TPSA) is 32.3 Å². The molecule has 1 amide bonds. The fraction of sp³-hybridized carbons (Fsp3) is 0.381. The molecule has 0 aliphatic carbocycles. The van der Waals surface area contributed by atoms with Gasteiger partial charge in [0.25, 0.3) is 0 Å². The Balaban J connectivity index is 1.63. The van der Waals surface area contributed by atoms with E-state index in [4.69, 9.17) is 0 Å². The van der Waals surface area contributed by atoms with Crippen molar-refractivity contribution in [3.63, 3.8) is 0 Å². The van der Waals surface area contributed by atoms with E-state index in [-0.39, 0.29) is 5.91 Å². The van der Waals surface area contributed by atoms with Crippen LogP contribution in [0.4, 0.5) is 11.4 Å². The van der Waals surface area contributed by atoms with E-state index in [2.05, 4.69) is 34.5 Å². The van der Waals surface area contributed by atoms with Gasteiger partial charge in [-0.15, -0.1) is 0 Å². The first-order valence-corrected chi connectivity index (χ1v) is 8.75. The SMILES string of the molecule is CC(C)(Cc1ccccc1)C(=O)Nc1ccc(N2CCCC2)cc1. The summed E-state index contributed by atoms with van der Waals surface area (Å²) in [6, 6.07) is 18.4. The third-order valence-electron chi connectivity index (χ3n) is 4.70. The Morgan fingerprint density at radius 1 is 1.00 bits per heavy atom. The maximum atomic E-state index is 12.7. The van der Waals surface area contributed by atoms with Gasteiger partial charge in [-0.1, -0.05) is 44.2 Å². The molecule has 126 valence electrons. The molecule has 1 aliphatic rings. The molecular formula is C21H26N2O. The Hall–Kier alpha value is -2.29. The van der Waals surface area contributed by atoms with Gasteiger partial charge in [-0.2, -0.15) is 0 Å². The molecule has 0 unspecified atom stereocenters. The number of carbonyl (C=O) groups is 1. The zero-order valence-corrected chi connectivity index (χ0v) is 14.6. The van der Waals surface area contributed by atoms with Crippen LogP contribution in [0.2, 0.25) is 0 Å². The molecule has 3 heteroatoms. The average molecular weight is 322 g/mol. The number of hydrogen-bond donors (Lipinski definition) is 1. The summed E-state index contributed by atoms with van der Waals surface area (Å²) in [6.07, 6.45) is 3.27. The van der Waals surface area contributed by atoms with Gasteiger partial charge in [0.05, 0.1) is 0 Å². The van der Waals surface area contributed by atoms with Gasteiger partial charge in [0.2, 0.25) is 5.91 Å². The Kier molecular flexibility index (Phi) is 4.89.